The molecule has 1 amide bonds. The van der Waals surface area contributed by atoms with E-state index in [9.17, 15) is 14.9 Å². The Balaban J connectivity index is 0.000000233. The fraction of sp³-hybridized carbons (Fsp3) is 0.361. The number of allylic oxidation sites excluding steroid dienone is 2. The van der Waals surface area contributed by atoms with Crippen molar-refractivity contribution in [3.63, 3.8) is 0 Å². The summed E-state index contributed by atoms with van der Waals surface area (Å²) in [5.41, 5.74) is 2.47. The van der Waals surface area contributed by atoms with E-state index in [1.54, 1.807) is 24.3 Å². The van der Waals surface area contributed by atoms with Gasteiger partial charge in [-0.2, -0.15) is 5.26 Å². The predicted molar refractivity (Wildman–Crippen MR) is 168 cm³/mol. The molecule has 1 aliphatic heterocycles. The van der Waals surface area contributed by atoms with E-state index in [1.165, 1.54) is 12.6 Å². The number of carbonyl (C=O) groups is 2. The lowest BCUT2D eigenvalue weighted by atomic mass is 10.0. The lowest BCUT2D eigenvalue weighted by Gasteiger charge is -2.17. The van der Waals surface area contributed by atoms with Crippen molar-refractivity contribution in [2.75, 3.05) is 7.05 Å². The van der Waals surface area contributed by atoms with Gasteiger partial charge in [0, 0.05) is 24.6 Å². The van der Waals surface area contributed by atoms with Gasteiger partial charge in [-0.15, -0.1) is 0 Å². The van der Waals surface area contributed by atoms with Gasteiger partial charge in [0.25, 0.3) is 0 Å². The van der Waals surface area contributed by atoms with E-state index in [0.717, 1.165) is 12.0 Å². The van der Waals surface area contributed by atoms with Crippen LogP contribution in [0.3, 0.4) is 0 Å². The lowest BCUT2D eigenvalue weighted by Crippen LogP contribution is -2.25. The highest BCUT2D eigenvalue weighted by atomic mass is 16.6. The van der Waals surface area contributed by atoms with Crippen molar-refractivity contribution in [2.45, 2.75) is 59.7 Å². The molecule has 3 atom stereocenters. The van der Waals surface area contributed by atoms with Crippen molar-refractivity contribution >= 4 is 12.1 Å². The fourth-order valence-electron chi connectivity index (χ4n) is 5.34. The van der Waals surface area contributed by atoms with Crippen LogP contribution in [-0.2, 0) is 16.0 Å². The number of carbonyl (C=O) groups excluding carboxylic acids is 2. The Kier molecular flexibility index (Phi) is 9.68. The van der Waals surface area contributed by atoms with Gasteiger partial charge >= 0.3 is 12.1 Å². The molecule has 2 aliphatic rings. The SMILES string of the molecule is CC(C)=CC1C(C(=O)OC(C#N)c2cccc(Oc3ccccc3)c2)C1(C)C.CNC(=O)Oc1cccc2c1OC(C)(C)C2. The quantitative estimate of drug-likeness (QED) is 0.218. The molecular weight excluding hydrogens is 556 g/mol. The van der Waals surface area contributed by atoms with Crippen molar-refractivity contribution in [1.29, 1.82) is 5.26 Å². The third-order valence-corrected chi connectivity index (χ3v) is 7.63. The summed E-state index contributed by atoms with van der Waals surface area (Å²) in [4.78, 5) is 23.9. The number of fused-ring (bicyclic) bond motifs is 1. The molecule has 0 bridgehead atoms. The van der Waals surface area contributed by atoms with E-state index in [1.807, 2.05) is 76.2 Å². The highest BCUT2D eigenvalue weighted by molar-refractivity contribution is 5.79. The van der Waals surface area contributed by atoms with Gasteiger partial charge in [-0.05, 0) is 69.4 Å². The fourth-order valence-corrected chi connectivity index (χ4v) is 5.34. The largest absolute Gasteiger partial charge is 0.483 e. The predicted octanol–water partition coefficient (Wildman–Crippen LogP) is 7.94. The Bertz CT molecular complexity index is 1570. The molecule has 230 valence electrons. The van der Waals surface area contributed by atoms with Gasteiger partial charge in [0.05, 0.1) is 5.92 Å². The third-order valence-electron chi connectivity index (χ3n) is 7.63. The van der Waals surface area contributed by atoms with Gasteiger partial charge in [0.2, 0.25) is 6.10 Å². The van der Waals surface area contributed by atoms with Gasteiger partial charge in [0.15, 0.2) is 11.5 Å². The van der Waals surface area contributed by atoms with Gasteiger partial charge < -0.3 is 24.3 Å². The number of nitrogens with one attached hydrogen (secondary N) is 1. The average Bonchev–Trinajstić information content (AvgIpc) is 3.34. The molecule has 5 rings (SSSR count). The Morgan fingerprint density at radius 1 is 1.00 bits per heavy atom. The average molecular weight is 597 g/mol. The first-order chi connectivity index (χ1) is 20.8. The monoisotopic (exact) mass is 596 g/mol. The number of nitrogens with zero attached hydrogens (tertiary/aromatic N) is 1. The van der Waals surface area contributed by atoms with Crippen LogP contribution in [0.15, 0.2) is 84.4 Å². The molecule has 1 fully saturated rings. The van der Waals surface area contributed by atoms with Crippen LogP contribution in [0.1, 0.15) is 58.8 Å². The highest BCUT2D eigenvalue weighted by Gasteiger charge is 2.61. The van der Waals surface area contributed by atoms with Crippen LogP contribution in [0.2, 0.25) is 0 Å². The summed E-state index contributed by atoms with van der Waals surface area (Å²) in [6.07, 6.45) is 1.49. The number of esters is 1. The summed E-state index contributed by atoms with van der Waals surface area (Å²) in [6, 6.07) is 24.2. The number of amides is 1. The Morgan fingerprint density at radius 3 is 2.34 bits per heavy atom. The summed E-state index contributed by atoms with van der Waals surface area (Å²) in [5.74, 6) is 2.05. The van der Waals surface area contributed by atoms with Crippen molar-refractivity contribution < 1.29 is 28.5 Å². The molecule has 3 unspecified atom stereocenters. The van der Waals surface area contributed by atoms with E-state index in [0.29, 0.717) is 28.6 Å². The first-order valence-corrected chi connectivity index (χ1v) is 14.6. The molecule has 0 aromatic heterocycles. The van der Waals surface area contributed by atoms with Crippen LogP contribution in [0.25, 0.3) is 0 Å². The number of ether oxygens (including phenoxy) is 4. The zero-order chi connectivity index (χ0) is 32.1. The van der Waals surface area contributed by atoms with Gasteiger partial charge in [-0.25, -0.2) is 4.79 Å². The second-order valence-corrected chi connectivity index (χ2v) is 12.4. The minimum absolute atomic E-state index is 0.146. The summed E-state index contributed by atoms with van der Waals surface area (Å²) in [7, 11) is 1.52. The number of nitriles is 1. The van der Waals surface area contributed by atoms with Crippen LogP contribution in [-0.4, -0.2) is 24.7 Å². The molecule has 1 heterocycles. The van der Waals surface area contributed by atoms with E-state index in [4.69, 9.17) is 18.9 Å². The molecule has 3 aromatic rings. The van der Waals surface area contributed by atoms with E-state index in [2.05, 4.69) is 31.3 Å². The van der Waals surface area contributed by atoms with Gasteiger partial charge in [-0.3, -0.25) is 4.79 Å². The lowest BCUT2D eigenvalue weighted by molar-refractivity contribution is -0.149. The number of hydrogen-bond donors (Lipinski definition) is 1. The summed E-state index contributed by atoms with van der Waals surface area (Å²) >= 11 is 0. The van der Waals surface area contributed by atoms with Crippen molar-refractivity contribution in [3.05, 3.63) is 95.6 Å². The maximum atomic E-state index is 12.7. The van der Waals surface area contributed by atoms with Crippen LogP contribution in [0, 0.1) is 28.6 Å². The second kappa shape index (κ2) is 13.3. The zero-order valence-corrected chi connectivity index (χ0v) is 26.3. The van der Waals surface area contributed by atoms with Crippen molar-refractivity contribution in [1.82, 2.24) is 5.32 Å². The normalized spacial score (nSPS) is 18.9. The molecule has 8 heteroatoms. The number of hydrogen-bond acceptors (Lipinski definition) is 7. The number of para-hydroxylation sites is 2. The third kappa shape index (κ3) is 7.78. The Labute approximate surface area is 259 Å². The van der Waals surface area contributed by atoms with Crippen LogP contribution >= 0.6 is 0 Å². The number of rotatable bonds is 7. The standard InChI is InChI=1S/C24H25NO3.C12H15NO3/c1-16(2)13-20-22(24(20,3)4)23(26)28-21(15-25)17-9-8-12-19(14-17)27-18-10-6-5-7-11-18;1-12(2)7-8-5-4-6-9(10(8)16-12)15-11(14)13-3/h5-14,20-22H,1-4H3;4-6H,7H2,1-3H3,(H,13,14). The first-order valence-electron chi connectivity index (χ1n) is 14.6. The van der Waals surface area contributed by atoms with E-state index < -0.39 is 12.2 Å². The molecular formula is C36H40N2O6. The molecule has 44 heavy (non-hydrogen) atoms. The zero-order valence-electron chi connectivity index (χ0n) is 26.3. The van der Waals surface area contributed by atoms with Crippen molar-refractivity contribution in [3.8, 4) is 29.1 Å². The molecule has 3 aromatic carbocycles. The summed E-state index contributed by atoms with van der Waals surface area (Å²) in [6.45, 7) is 12.2. The van der Waals surface area contributed by atoms with E-state index in [-0.39, 0.29) is 28.8 Å². The van der Waals surface area contributed by atoms with Crippen LogP contribution in [0.5, 0.6) is 23.0 Å². The minimum atomic E-state index is -0.962. The molecule has 1 N–H and O–H groups in total. The maximum absolute atomic E-state index is 12.7. The second-order valence-electron chi connectivity index (χ2n) is 12.4. The van der Waals surface area contributed by atoms with Gasteiger partial charge in [-0.1, -0.05) is 68.0 Å². The minimum Gasteiger partial charge on any atom is -0.483 e. The first kappa shape index (κ1) is 32.2. The topological polar surface area (TPSA) is 107 Å². The van der Waals surface area contributed by atoms with Gasteiger partial charge in [0.1, 0.15) is 23.2 Å². The summed E-state index contributed by atoms with van der Waals surface area (Å²) < 4.78 is 22.3. The smallest absolute Gasteiger partial charge is 0.412 e. The molecule has 0 radical (unpaired) electrons. The maximum Gasteiger partial charge on any atom is 0.412 e. The molecule has 8 nitrogen and oxygen atoms in total. The molecule has 0 spiro atoms. The number of benzene rings is 3. The van der Waals surface area contributed by atoms with Crippen molar-refractivity contribution in [2.24, 2.45) is 17.3 Å². The Hall–Kier alpha value is -4.77. The molecule has 0 saturated heterocycles. The Morgan fingerprint density at radius 2 is 1.68 bits per heavy atom. The molecule has 1 aliphatic carbocycles. The molecule has 1 saturated carbocycles. The van der Waals surface area contributed by atoms with Crippen LogP contribution in [0.4, 0.5) is 4.79 Å². The van der Waals surface area contributed by atoms with Crippen LogP contribution < -0.4 is 19.5 Å². The highest BCUT2D eigenvalue weighted by Crippen LogP contribution is 2.60. The summed E-state index contributed by atoms with van der Waals surface area (Å²) in [5, 5.41) is 12.0. The van der Waals surface area contributed by atoms with E-state index >= 15 is 0 Å².